The van der Waals surface area contributed by atoms with Gasteiger partial charge in [0.1, 0.15) is 5.02 Å². The van der Waals surface area contributed by atoms with Crippen LogP contribution in [0.1, 0.15) is 6.92 Å². The number of nitrogens with one attached hydrogen (secondary N) is 1. The Morgan fingerprint density at radius 1 is 1.59 bits per heavy atom. The van der Waals surface area contributed by atoms with Gasteiger partial charge in [-0.2, -0.15) is 0 Å². The minimum atomic E-state index is -0.484. The van der Waals surface area contributed by atoms with E-state index in [1.54, 1.807) is 6.07 Å². The van der Waals surface area contributed by atoms with Crippen LogP contribution in [0.25, 0.3) is 0 Å². The van der Waals surface area contributed by atoms with Gasteiger partial charge in [0, 0.05) is 23.7 Å². The first-order valence-electron chi connectivity index (χ1n) is 5.26. The second kappa shape index (κ2) is 4.50. The van der Waals surface area contributed by atoms with Gasteiger partial charge in [0.15, 0.2) is 0 Å². The number of anilines is 1. The fourth-order valence-electron chi connectivity index (χ4n) is 1.63. The number of hydrogen-bond donors (Lipinski definition) is 1. The van der Waals surface area contributed by atoms with Gasteiger partial charge in [-0.05, 0) is 12.1 Å². The molecule has 92 valence electrons. The molecule has 0 bridgehead atoms. The molecule has 0 aromatic heterocycles. The molecule has 0 atom stereocenters. The lowest BCUT2D eigenvalue weighted by atomic mass is 9.89. The third kappa shape index (κ3) is 2.68. The van der Waals surface area contributed by atoms with Crippen LogP contribution in [0.15, 0.2) is 18.2 Å². The van der Waals surface area contributed by atoms with Crippen molar-refractivity contribution in [1.82, 2.24) is 0 Å². The maximum Gasteiger partial charge on any atom is 0.289 e. The molecule has 1 heterocycles. The average molecular weight is 257 g/mol. The van der Waals surface area contributed by atoms with Crippen LogP contribution in [0.5, 0.6) is 0 Å². The van der Waals surface area contributed by atoms with Gasteiger partial charge >= 0.3 is 0 Å². The van der Waals surface area contributed by atoms with E-state index in [0.29, 0.717) is 5.69 Å². The lowest BCUT2D eigenvalue weighted by molar-refractivity contribution is -0.384. The summed E-state index contributed by atoms with van der Waals surface area (Å²) in [6.45, 7) is 4.27. The summed E-state index contributed by atoms with van der Waals surface area (Å²) in [5, 5.41) is 14.0. The zero-order valence-corrected chi connectivity index (χ0v) is 10.2. The Labute approximate surface area is 104 Å². The Hall–Kier alpha value is -1.33. The van der Waals surface area contributed by atoms with Crippen LogP contribution < -0.4 is 5.32 Å². The molecule has 1 aromatic carbocycles. The fraction of sp³-hybridized carbons (Fsp3) is 0.455. The molecule has 0 saturated carbocycles. The zero-order chi connectivity index (χ0) is 12.5. The second-order valence-corrected chi connectivity index (χ2v) is 4.99. The van der Waals surface area contributed by atoms with E-state index in [-0.39, 0.29) is 16.1 Å². The maximum atomic E-state index is 10.7. The van der Waals surface area contributed by atoms with Gasteiger partial charge in [-0.25, -0.2) is 0 Å². The lowest BCUT2D eigenvalue weighted by Crippen LogP contribution is -2.45. The summed E-state index contributed by atoms with van der Waals surface area (Å²) >= 11 is 5.73. The maximum absolute atomic E-state index is 10.7. The molecular weight excluding hydrogens is 244 g/mol. The molecular formula is C11H13ClN2O3. The van der Waals surface area contributed by atoms with E-state index in [4.69, 9.17) is 16.3 Å². The van der Waals surface area contributed by atoms with Crippen molar-refractivity contribution in [3.63, 3.8) is 0 Å². The van der Waals surface area contributed by atoms with Crippen LogP contribution in [-0.2, 0) is 4.74 Å². The average Bonchev–Trinajstić information content (AvgIpc) is 2.25. The molecule has 0 radical (unpaired) electrons. The third-order valence-corrected chi connectivity index (χ3v) is 3.08. The van der Waals surface area contributed by atoms with E-state index in [0.717, 1.165) is 19.8 Å². The van der Waals surface area contributed by atoms with Crippen LogP contribution in [0.2, 0.25) is 5.02 Å². The predicted molar refractivity (Wildman–Crippen MR) is 65.5 cm³/mol. The number of nitro groups is 1. The van der Waals surface area contributed by atoms with Crippen LogP contribution in [0, 0.1) is 15.5 Å². The van der Waals surface area contributed by atoms with E-state index in [2.05, 4.69) is 12.2 Å². The molecule has 1 N–H and O–H groups in total. The van der Waals surface area contributed by atoms with Crippen molar-refractivity contribution in [2.24, 2.45) is 5.41 Å². The Bertz CT molecular complexity index is 446. The highest BCUT2D eigenvalue weighted by Crippen LogP contribution is 2.30. The first-order valence-corrected chi connectivity index (χ1v) is 5.64. The summed E-state index contributed by atoms with van der Waals surface area (Å²) in [6, 6.07) is 4.71. The normalized spacial score (nSPS) is 17.3. The summed E-state index contributed by atoms with van der Waals surface area (Å²) in [7, 11) is 0. The molecule has 2 rings (SSSR count). The Morgan fingerprint density at radius 2 is 2.29 bits per heavy atom. The first kappa shape index (κ1) is 12.1. The predicted octanol–water partition coefficient (Wildman–Crippen LogP) is 2.70. The number of ether oxygens (including phenoxy) is 1. The molecule has 17 heavy (non-hydrogen) atoms. The Balaban J connectivity index is 2.06. The van der Waals surface area contributed by atoms with E-state index < -0.39 is 4.92 Å². The molecule has 6 heteroatoms. The molecule has 0 spiro atoms. The van der Waals surface area contributed by atoms with Crippen molar-refractivity contribution in [2.45, 2.75) is 6.92 Å². The van der Waals surface area contributed by atoms with Gasteiger partial charge in [-0.1, -0.05) is 18.5 Å². The number of benzene rings is 1. The van der Waals surface area contributed by atoms with E-state index in [1.165, 1.54) is 12.1 Å². The van der Waals surface area contributed by atoms with Crippen LogP contribution >= 0.6 is 11.6 Å². The Morgan fingerprint density at radius 3 is 2.82 bits per heavy atom. The van der Waals surface area contributed by atoms with Crippen molar-refractivity contribution in [3.8, 4) is 0 Å². The summed E-state index contributed by atoms with van der Waals surface area (Å²) in [5.41, 5.74) is 0.745. The van der Waals surface area contributed by atoms with E-state index in [9.17, 15) is 10.1 Å². The quantitative estimate of drug-likeness (QED) is 0.664. The Kier molecular flexibility index (Phi) is 3.22. The molecule has 1 saturated heterocycles. The van der Waals surface area contributed by atoms with Gasteiger partial charge in [0.25, 0.3) is 5.69 Å². The summed E-state index contributed by atoms with van der Waals surface area (Å²) in [6.07, 6.45) is 0. The standard InChI is InChI=1S/C11H13ClN2O3/c1-11(6-17-7-11)5-13-8-2-3-9(12)10(4-8)14(15)16/h2-4,13H,5-7H2,1H3. The van der Waals surface area contributed by atoms with Crippen molar-refractivity contribution < 1.29 is 9.66 Å². The lowest BCUT2D eigenvalue weighted by Gasteiger charge is -2.38. The molecule has 1 aromatic rings. The fourth-order valence-corrected chi connectivity index (χ4v) is 1.82. The van der Waals surface area contributed by atoms with Gasteiger partial charge in [-0.15, -0.1) is 0 Å². The molecule has 1 aliphatic heterocycles. The van der Waals surface area contributed by atoms with E-state index >= 15 is 0 Å². The van der Waals surface area contributed by atoms with Crippen molar-refractivity contribution in [2.75, 3.05) is 25.1 Å². The van der Waals surface area contributed by atoms with Gasteiger partial charge in [0.2, 0.25) is 0 Å². The highest BCUT2D eigenvalue weighted by molar-refractivity contribution is 6.32. The highest BCUT2D eigenvalue weighted by atomic mass is 35.5. The molecule has 1 fully saturated rings. The van der Waals surface area contributed by atoms with Gasteiger partial charge < -0.3 is 10.1 Å². The topological polar surface area (TPSA) is 64.4 Å². The number of nitrogens with zero attached hydrogens (tertiary/aromatic N) is 1. The molecule has 0 unspecified atom stereocenters. The third-order valence-electron chi connectivity index (χ3n) is 2.76. The van der Waals surface area contributed by atoms with Crippen LogP contribution in [-0.4, -0.2) is 24.7 Å². The summed E-state index contributed by atoms with van der Waals surface area (Å²) in [5.74, 6) is 0. The summed E-state index contributed by atoms with van der Waals surface area (Å²) < 4.78 is 5.14. The van der Waals surface area contributed by atoms with Crippen molar-refractivity contribution in [3.05, 3.63) is 33.3 Å². The van der Waals surface area contributed by atoms with Crippen molar-refractivity contribution in [1.29, 1.82) is 0 Å². The first-order chi connectivity index (χ1) is 8.00. The highest BCUT2D eigenvalue weighted by Gasteiger charge is 2.33. The molecule has 0 aliphatic carbocycles. The number of halogens is 1. The minimum Gasteiger partial charge on any atom is -0.384 e. The zero-order valence-electron chi connectivity index (χ0n) is 9.40. The van der Waals surface area contributed by atoms with Gasteiger partial charge in [-0.3, -0.25) is 10.1 Å². The SMILES string of the molecule is CC1(CNc2ccc(Cl)c([N+](=O)[O-])c2)COC1. The van der Waals surface area contributed by atoms with Crippen LogP contribution in [0.4, 0.5) is 11.4 Å². The monoisotopic (exact) mass is 256 g/mol. The molecule has 1 aliphatic rings. The number of rotatable bonds is 4. The van der Waals surface area contributed by atoms with E-state index in [1.807, 2.05) is 0 Å². The number of hydrogen-bond acceptors (Lipinski definition) is 4. The second-order valence-electron chi connectivity index (χ2n) is 4.58. The van der Waals surface area contributed by atoms with Crippen molar-refractivity contribution >= 4 is 23.0 Å². The van der Waals surface area contributed by atoms with Gasteiger partial charge in [0.05, 0.1) is 18.1 Å². The minimum absolute atomic E-state index is 0.0771. The van der Waals surface area contributed by atoms with Crippen LogP contribution in [0.3, 0.4) is 0 Å². The molecule has 0 amide bonds. The smallest absolute Gasteiger partial charge is 0.289 e. The largest absolute Gasteiger partial charge is 0.384 e. The molecule has 5 nitrogen and oxygen atoms in total. The summed E-state index contributed by atoms with van der Waals surface area (Å²) in [4.78, 5) is 10.2. The number of nitro benzene ring substituents is 1.